The fourth-order valence-electron chi connectivity index (χ4n) is 2.19. The molecule has 0 aliphatic heterocycles. The van der Waals surface area contributed by atoms with Gasteiger partial charge in [-0.25, -0.2) is 4.98 Å². The lowest BCUT2D eigenvalue weighted by Gasteiger charge is -2.13. The Bertz CT molecular complexity index is 648. The van der Waals surface area contributed by atoms with Crippen LogP contribution >= 0.6 is 11.8 Å². The Morgan fingerprint density at radius 2 is 2.04 bits per heavy atom. The molecule has 1 atom stereocenters. The summed E-state index contributed by atoms with van der Waals surface area (Å²) in [6.07, 6.45) is 5.67. The summed E-state index contributed by atoms with van der Waals surface area (Å²) < 4.78 is 0. The summed E-state index contributed by atoms with van der Waals surface area (Å²) in [6.45, 7) is 4.16. The zero-order valence-electron chi connectivity index (χ0n) is 14.1. The quantitative estimate of drug-likeness (QED) is 0.525. The van der Waals surface area contributed by atoms with Gasteiger partial charge in [0, 0.05) is 6.04 Å². The van der Waals surface area contributed by atoms with Crippen molar-refractivity contribution in [3.05, 3.63) is 17.2 Å². The van der Waals surface area contributed by atoms with Gasteiger partial charge in [0.15, 0.2) is 0 Å². The van der Waals surface area contributed by atoms with Crippen molar-refractivity contribution in [1.29, 1.82) is 10.5 Å². The van der Waals surface area contributed by atoms with Crippen LogP contribution in [0.5, 0.6) is 0 Å². The zero-order valence-corrected chi connectivity index (χ0v) is 14.9. The van der Waals surface area contributed by atoms with Crippen LogP contribution < -0.4 is 11.1 Å². The van der Waals surface area contributed by atoms with Crippen molar-refractivity contribution in [3.8, 4) is 12.1 Å². The van der Waals surface area contributed by atoms with Crippen molar-refractivity contribution in [3.63, 3.8) is 0 Å². The predicted octanol–water partition coefficient (Wildman–Crippen LogP) is 2.97. The molecular formula is C17H23N5OS. The average Bonchev–Trinajstić information content (AvgIpc) is 2.57. The Morgan fingerprint density at radius 3 is 2.67 bits per heavy atom. The van der Waals surface area contributed by atoms with Crippen LogP contribution in [-0.4, -0.2) is 22.7 Å². The summed E-state index contributed by atoms with van der Waals surface area (Å²) in [6, 6.07) is 5.40. The van der Waals surface area contributed by atoms with Crippen LogP contribution in [0.3, 0.4) is 0 Å². The number of thioether (sulfide) groups is 1. The van der Waals surface area contributed by atoms with E-state index < -0.39 is 0 Å². The lowest BCUT2D eigenvalue weighted by molar-refractivity contribution is -0.119. The third-order valence-corrected chi connectivity index (χ3v) is 4.49. The molecule has 1 rings (SSSR count). The number of anilines is 1. The zero-order chi connectivity index (χ0) is 17.9. The third kappa shape index (κ3) is 6.47. The standard InChI is InChI=1S/C17H23N5OS/c1-3-4-5-6-7-12(2)21-15(23)11-24-17-14(10-19)8-13(9-18)16(20)22-17/h8,12H,3-7,11H2,1-2H3,(H2,20,22)(H,21,23)/t12-/m1/s1. The maximum absolute atomic E-state index is 12.0. The third-order valence-electron chi connectivity index (χ3n) is 3.50. The van der Waals surface area contributed by atoms with E-state index in [4.69, 9.17) is 16.3 Å². The molecule has 1 amide bonds. The normalized spacial score (nSPS) is 11.3. The smallest absolute Gasteiger partial charge is 0.230 e. The second kappa shape index (κ2) is 10.5. The van der Waals surface area contributed by atoms with E-state index in [2.05, 4.69) is 17.2 Å². The fraction of sp³-hybridized carbons (Fsp3) is 0.529. The summed E-state index contributed by atoms with van der Waals surface area (Å²) in [5.41, 5.74) is 6.09. The van der Waals surface area contributed by atoms with Gasteiger partial charge in [0.1, 0.15) is 23.0 Å². The number of amides is 1. The molecule has 6 nitrogen and oxygen atoms in total. The van der Waals surface area contributed by atoms with Crippen LogP contribution in [-0.2, 0) is 4.79 Å². The molecule has 0 saturated heterocycles. The van der Waals surface area contributed by atoms with E-state index in [0.717, 1.165) is 24.6 Å². The van der Waals surface area contributed by atoms with Crippen molar-refractivity contribution in [1.82, 2.24) is 10.3 Å². The SMILES string of the molecule is CCCCCC[C@@H](C)NC(=O)CSc1nc(N)c(C#N)cc1C#N. The number of nitrogen functional groups attached to an aromatic ring is 1. The van der Waals surface area contributed by atoms with Gasteiger partial charge >= 0.3 is 0 Å². The van der Waals surface area contributed by atoms with Gasteiger partial charge in [-0.3, -0.25) is 4.79 Å². The molecular weight excluding hydrogens is 322 g/mol. The van der Waals surface area contributed by atoms with E-state index in [-0.39, 0.29) is 34.6 Å². The number of nitriles is 2. The minimum Gasteiger partial charge on any atom is -0.383 e. The van der Waals surface area contributed by atoms with Crippen LogP contribution in [0.2, 0.25) is 0 Å². The summed E-state index contributed by atoms with van der Waals surface area (Å²) in [5, 5.41) is 21.3. The van der Waals surface area contributed by atoms with Gasteiger partial charge in [-0.2, -0.15) is 10.5 Å². The Morgan fingerprint density at radius 1 is 1.33 bits per heavy atom. The Kier molecular flexibility index (Phi) is 8.67. The molecule has 0 fully saturated rings. The summed E-state index contributed by atoms with van der Waals surface area (Å²) >= 11 is 1.15. The minimum atomic E-state index is -0.100. The lowest BCUT2D eigenvalue weighted by atomic mass is 10.1. The molecule has 0 spiro atoms. The van der Waals surface area contributed by atoms with Crippen LogP contribution in [0.15, 0.2) is 11.1 Å². The fourth-order valence-corrected chi connectivity index (χ4v) is 2.96. The summed E-state index contributed by atoms with van der Waals surface area (Å²) in [5.74, 6) is 0.132. The number of rotatable bonds is 9. The van der Waals surface area contributed by atoms with Gasteiger partial charge in [-0.1, -0.05) is 44.4 Å². The molecule has 0 bridgehead atoms. The van der Waals surface area contributed by atoms with Gasteiger partial charge in [0.2, 0.25) is 5.91 Å². The van der Waals surface area contributed by atoms with Crippen LogP contribution in [0, 0.1) is 22.7 Å². The van der Waals surface area contributed by atoms with Gasteiger partial charge in [-0.05, 0) is 19.4 Å². The number of nitrogens with two attached hydrogens (primary N) is 1. The van der Waals surface area contributed by atoms with Crippen LogP contribution in [0.25, 0.3) is 0 Å². The van der Waals surface area contributed by atoms with E-state index in [9.17, 15) is 4.79 Å². The first-order chi connectivity index (χ1) is 11.5. The largest absolute Gasteiger partial charge is 0.383 e. The molecule has 24 heavy (non-hydrogen) atoms. The summed E-state index contributed by atoms with van der Waals surface area (Å²) in [4.78, 5) is 16.0. The second-order valence-electron chi connectivity index (χ2n) is 5.60. The van der Waals surface area contributed by atoms with E-state index >= 15 is 0 Å². The summed E-state index contributed by atoms with van der Waals surface area (Å²) in [7, 11) is 0. The van der Waals surface area contributed by atoms with Crippen molar-refractivity contribution < 1.29 is 4.79 Å². The van der Waals surface area contributed by atoms with Gasteiger partial charge < -0.3 is 11.1 Å². The number of carbonyl (C=O) groups excluding carboxylic acids is 1. The highest BCUT2D eigenvalue weighted by atomic mass is 32.2. The molecule has 0 unspecified atom stereocenters. The predicted molar refractivity (Wildman–Crippen MR) is 95.2 cm³/mol. The van der Waals surface area contributed by atoms with Crippen molar-refractivity contribution in [2.75, 3.05) is 11.5 Å². The molecule has 128 valence electrons. The van der Waals surface area contributed by atoms with Gasteiger partial charge in [0.05, 0.1) is 16.9 Å². The highest BCUT2D eigenvalue weighted by Crippen LogP contribution is 2.23. The van der Waals surface area contributed by atoms with Crippen LogP contribution in [0.4, 0.5) is 5.82 Å². The first-order valence-electron chi connectivity index (χ1n) is 8.04. The number of aromatic nitrogens is 1. The highest BCUT2D eigenvalue weighted by molar-refractivity contribution is 8.00. The van der Waals surface area contributed by atoms with Gasteiger partial charge in [0.25, 0.3) is 0 Å². The van der Waals surface area contributed by atoms with E-state index in [1.54, 1.807) is 0 Å². The first kappa shape index (κ1) is 19.8. The molecule has 0 radical (unpaired) electrons. The number of nitrogens with zero attached hydrogens (tertiary/aromatic N) is 3. The number of nitrogens with one attached hydrogen (secondary N) is 1. The molecule has 0 saturated carbocycles. The Hall–Kier alpha value is -2.25. The molecule has 1 heterocycles. The number of pyridine rings is 1. The number of hydrogen-bond acceptors (Lipinski definition) is 6. The second-order valence-corrected chi connectivity index (χ2v) is 6.57. The Balaban J connectivity index is 2.51. The number of hydrogen-bond donors (Lipinski definition) is 2. The highest BCUT2D eigenvalue weighted by Gasteiger charge is 2.13. The minimum absolute atomic E-state index is 0.0729. The van der Waals surface area contributed by atoms with Crippen molar-refractivity contribution >= 4 is 23.5 Å². The number of unbranched alkanes of at least 4 members (excludes halogenated alkanes) is 3. The van der Waals surface area contributed by atoms with Crippen molar-refractivity contribution in [2.24, 2.45) is 0 Å². The molecule has 0 aromatic carbocycles. The maximum Gasteiger partial charge on any atom is 0.230 e. The first-order valence-corrected chi connectivity index (χ1v) is 9.03. The van der Waals surface area contributed by atoms with E-state index in [0.29, 0.717) is 5.03 Å². The van der Waals surface area contributed by atoms with Crippen molar-refractivity contribution in [2.45, 2.75) is 57.0 Å². The molecule has 0 aliphatic rings. The molecule has 0 aliphatic carbocycles. The van der Waals surface area contributed by atoms with Crippen LogP contribution in [0.1, 0.15) is 57.1 Å². The monoisotopic (exact) mass is 345 g/mol. The van der Waals surface area contributed by atoms with E-state index in [1.807, 2.05) is 19.1 Å². The molecule has 1 aromatic heterocycles. The topological polar surface area (TPSA) is 116 Å². The number of carbonyl (C=O) groups is 1. The lowest BCUT2D eigenvalue weighted by Crippen LogP contribution is -2.33. The Labute approximate surface area is 147 Å². The van der Waals surface area contributed by atoms with Gasteiger partial charge in [-0.15, -0.1) is 0 Å². The average molecular weight is 345 g/mol. The van der Waals surface area contributed by atoms with E-state index in [1.165, 1.54) is 25.3 Å². The maximum atomic E-state index is 12.0. The molecule has 3 N–H and O–H groups in total. The molecule has 7 heteroatoms. The molecule has 1 aromatic rings.